The molecule has 3 rings (SSSR count). The Hall–Kier alpha value is -1.51. The second-order valence-electron chi connectivity index (χ2n) is 5.79. The predicted molar refractivity (Wildman–Crippen MR) is 76.5 cm³/mol. The molecule has 2 unspecified atom stereocenters. The zero-order valence-corrected chi connectivity index (χ0v) is 12.6. The predicted octanol–water partition coefficient (Wildman–Crippen LogP) is 0.708. The molecule has 0 aromatic heterocycles. The maximum Gasteiger partial charge on any atom is 0.289 e. The maximum absolute atomic E-state index is 12.5. The van der Waals surface area contributed by atoms with Gasteiger partial charge in [0, 0.05) is 12.1 Å². The highest BCUT2D eigenvalue weighted by Crippen LogP contribution is 2.42. The highest BCUT2D eigenvalue weighted by atomic mass is 32.2. The van der Waals surface area contributed by atoms with E-state index < -0.39 is 14.9 Å². The Morgan fingerprint density at radius 1 is 1.24 bits per heavy atom. The second-order valence-corrected chi connectivity index (χ2v) is 7.48. The van der Waals surface area contributed by atoms with E-state index in [9.17, 15) is 18.5 Å². The van der Waals surface area contributed by atoms with Gasteiger partial charge in [-0.1, -0.05) is 0 Å². The van der Waals surface area contributed by atoms with Gasteiger partial charge in [-0.2, -0.15) is 0 Å². The molecular weight excluding hydrogens is 294 g/mol. The van der Waals surface area contributed by atoms with Gasteiger partial charge in [-0.3, -0.25) is 10.1 Å². The summed E-state index contributed by atoms with van der Waals surface area (Å²) in [4.78, 5) is 10.2. The molecule has 0 spiro atoms. The number of nitrogens with one attached hydrogen (secondary N) is 2. The molecule has 0 amide bonds. The molecular formula is C13H17N3O4S. The highest BCUT2D eigenvalue weighted by Gasteiger charge is 2.54. The van der Waals surface area contributed by atoms with Crippen LogP contribution in [0.3, 0.4) is 0 Å². The Balaban J connectivity index is 1.94. The molecule has 7 nitrogen and oxygen atoms in total. The fraction of sp³-hybridized carbons (Fsp3) is 0.538. The highest BCUT2D eigenvalue weighted by molar-refractivity contribution is 7.89. The minimum absolute atomic E-state index is 0.0996. The molecule has 1 saturated heterocycles. The van der Waals surface area contributed by atoms with Crippen LogP contribution in [0.5, 0.6) is 0 Å². The van der Waals surface area contributed by atoms with Crippen molar-refractivity contribution in [3.8, 4) is 0 Å². The second kappa shape index (κ2) is 4.75. The summed E-state index contributed by atoms with van der Waals surface area (Å²) in [7, 11) is -3.87. The third-order valence-electron chi connectivity index (χ3n) is 4.44. The van der Waals surface area contributed by atoms with Crippen LogP contribution in [0.15, 0.2) is 17.0 Å². The van der Waals surface area contributed by atoms with Crippen molar-refractivity contribution in [2.45, 2.75) is 24.8 Å². The summed E-state index contributed by atoms with van der Waals surface area (Å²) < 4.78 is 27.6. The van der Waals surface area contributed by atoms with Crippen molar-refractivity contribution >= 4 is 15.7 Å². The lowest BCUT2D eigenvalue weighted by molar-refractivity contribution is -0.387. The molecule has 1 aliphatic carbocycles. The number of hydrogen-bond acceptors (Lipinski definition) is 5. The van der Waals surface area contributed by atoms with Gasteiger partial charge >= 0.3 is 0 Å². The van der Waals surface area contributed by atoms with Crippen LogP contribution in [0, 0.1) is 35.8 Å². The molecule has 2 N–H and O–H groups in total. The average Bonchev–Trinajstić information content (AvgIpc) is 2.85. The van der Waals surface area contributed by atoms with Crippen LogP contribution in [-0.4, -0.2) is 32.5 Å². The molecule has 0 radical (unpaired) electrons. The first-order valence-corrected chi connectivity index (χ1v) is 8.28. The topological polar surface area (TPSA) is 101 Å². The number of benzene rings is 1. The molecule has 21 heavy (non-hydrogen) atoms. The molecule has 2 fully saturated rings. The Morgan fingerprint density at radius 3 is 2.38 bits per heavy atom. The standard InChI is InChI=1S/C13H17N3O4S/c1-7-3-11(16(17)18)12(4-8(7)2)21(19,20)15-13-9-5-14-6-10(9)13/h3-4,9-10,13-15H,5-6H2,1-2H3. The van der Waals surface area contributed by atoms with Gasteiger partial charge in [0.25, 0.3) is 5.69 Å². The van der Waals surface area contributed by atoms with Gasteiger partial charge in [0.1, 0.15) is 0 Å². The van der Waals surface area contributed by atoms with Gasteiger partial charge < -0.3 is 5.32 Å². The number of fused-ring (bicyclic) bond motifs is 1. The van der Waals surface area contributed by atoms with E-state index in [2.05, 4.69) is 10.0 Å². The molecule has 1 heterocycles. The van der Waals surface area contributed by atoms with Crippen LogP contribution >= 0.6 is 0 Å². The first kappa shape index (κ1) is 14.4. The van der Waals surface area contributed by atoms with E-state index in [0.717, 1.165) is 18.7 Å². The smallest absolute Gasteiger partial charge is 0.289 e. The minimum atomic E-state index is -3.87. The summed E-state index contributed by atoms with van der Waals surface area (Å²) in [6.45, 7) is 5.07. The maximum atomic E-state index is 12.5. The number of piperidine rings is 1. The summed E-state index contributed by atoms with van der Waals surface area (Å²) in [5.41, 5.74) is 1.06. The van der Waals surface area contributed by atoms with Crippen LogP contribution in [0.25, 0.3) is 0 Å². The van der Waals surface area contributed by atoms with Crippen molar-refractivity contribution in [3.05, 3.63) is 33.4 Å². The molecule has 1 aromatic carbocycles. The van der Waals surface area contributed by atoms with Crippen molar-refractivity contribution in [1.29, 1.82) is 0 Å². The third-order valence-corrected chi connectivity index (χ3v) is 5.93. The van der Waals surface area contributed by atoms with Gasteiger partial charge in [-0.25, -0.2) is 13.1 Å². The van der Waals surface area contributed by atoms with Gasteiger partial charge in [0.15, 0.2) is 4.90 Å². The number of aryl methyl sites for hydroxylation is 2. The fourth-order valence-corrected chi connectivity index (χ4v) is 4.54. The summed E-state index contributed by atoms with van der Waals surface area (Å²) >= 11 is 0. The molecule has 1 aliphatic heterocycles. The van der Waals surface area contributed by atoms with E-state index in [1.54, 1.807) is 13.8 Å². The Labute approximate surface area is 122 Å². The largest absolute Gasteiger partial charge is 0.316 e. The van der Waals surface area contributed by atoms with Crippen molar-refractivity contribution in [2.24, 2.45) is 11.8 Å². The van der Waals surface area contributed by atoms with E-state index in [-0.39, 0.29) is 16.6 Å². The van der Waals surface area contributed by atoms with Gasteiger partial charge in [-0.15, -0.1) is 0 Å². The van der Waals surface area contributed by atoms with Crippen LogP contribution in [0.1, 0.15) is 11.1 Å². The minimum Gasteiger partial charge on any atom is -0.316 e. The fourth-order valence-electron chi connectivity index (χ4n) is 2.97. The van der Waals surface area contributed by atoms with E-state index in [1.165, 1.54) is 12.1 Å². The SMILES string of the molecule is Cc1cc([N+](=O)[O-])c(S(=O)(=O)NC2C3CNCC32)cc1C. The molecule has 114 valence electrons. The monoisotopic (exact) mass is 311 g/mol. The van der Waals surface area contributed by atoms with Crippen LogP contribution in [0.2, 0.25) is 0 Å². The molecule has 1 saturated carbocycles. The number of rotatable bonds is 4. The van der Waals surface area contributed by atoms with Gasteiger partial charge in [0.2, 0.25) is 10.0 Å². The van der Waals surface area contributed by atoms with E-state index in [0.29, 0.717) is 17.4 Å². The number of sulfonamides is 1. The van der Waals surface area contributed by atoms with Crippen molar-refractivity contribution in [1.82, 2.24) is 10.0 Å². The lowest BCUT2D eigenvalue weighted by Crippen LogP contribution is -2.33. The molecule has 2 atom stereocenters. The van der Waals surface area contributed by atoms with Crippen LogP contribution < -0.4 is 10.0 Å². The van der Waals surface area contributed by atoms with Crippen LogP contribution in [0.4, 0.5) is 5.69 Å². The Morgan fingerprint density at radius 2 is 1.81 bits per heavy atom. The first-order valence-electron chi connectivity index (χ1n) is 6.80. The zero-order chi connectivity index (χ0) is 15.4. The Bertz CT molecular complexity index is 706. The summed E-state index contributed by atoms with van der Waals surface area (Å²) in [6.07, 6.45) is 0. The van der Waals surface area contributed by atoms with Crippen molar-refractivity contribution in [3.63, 3.8) is 0 Å². The lowest BCUT2D eigenvalue weighted by Gasteiger charge is -2.11. The quantitative estimate of drug-likeness (QED) is 0.630. The van der Waals surface area contributed by atoms with E-state index in [4.69, 9.17) is 0 Å². The number of nitrogens with zero attached hydrogens (tertiary/aromatic N) is 1. The Kier molecular flexibility index (Phi) is 3.27. The molecule has 1 aromatic rings. The zero-order valence-electron chi connectivity index (χ0n) is 11.8. The molecule has 2 aliphatic rings. The van der Waals surface area contributed by atoms with Gasteiger partial charge in [0.05, 0.1) is 4.92 Å². The number of nitro groups is 1. The molecule has 8 heteroatoms. The lowest BCUT2D eigenvalue weighted by atomic mass is 10.1. The average molecular weight is 311 g/mol. The number of nitro benzene ring substituents is 1. The van der Waals surface area contributed by atoms with Crippen molar-refractivity contribution < 1.29 is 13.3 Å². The van der Waals surface area contributed by atoms with E-state index in [1.807, 2.05) is 0 Å². The summed E-state index contributed by atoms with van der Waals surface area (Å²) in [6, 6.07) is 2.60. The van der Waals surface area contributed by atoms with Crippen molar-refractivity contribution in [2.75, 3.05) is 13.1 Å². The normalized spacial score (nSPS) is 27.4. The number of hydrogen-bond donors (Lipinski definition) is 2. The first-order chi connectivity index (χ1) is 9.81. The third kappa shape index (κ3) is 2.43. The summed E-state index contributed by atoms with van der Waals surface area (Å²) in [5.74, 6) is 0.621. The van der Waals surface area contributed by atoms with E-state index >= 15 is 0 Å². The summed E-state index contributed by atoms with van der Waals surface area (Å²) in [5, 5.41) is 14.3. The van der Waals surface area contributed by atoms with Gasteiger partial charge in [-0.05, 0) is 56.0 Å². The van der Waals surface area contributed by atoms with Crippen LogP contribution in [-0.2, 0) is 10.0 Å². The molecule has 0 bridgehead atoms.